The molecule has 0 aliphatic heterocycles. The first-order valence-corrected chi connectivity index (χ1v) is 10.4. The number of carbonyl (C=O) groups is 1. The van der Waals surface area contributed by atoms with Gasteiger partial charge in [0.1, 0.15) is 0 Å². The zero-order valence-electron chi connectivity index (χ0n) is 15.3. The summed E-state index contributed by atoms with van der Waals surface area (Å²) >= 11 is 0. The average Bonchev–Trinajstić information content (AvgIpc) is 2.89. The van der Waals surface area contributed by atoms with E-state index in [1.54, 1.807) is 0 Å². The molecule has 1 aromatic carbocycles. The Kier molecular flexibility index (Phi) is 7.55. The molecule has 1 aliphatic carbocycles. The van der Waals surface area contributed by atoms with Gasteiger partial charge >= 0.3 is 5.69 Å². The van der Waals surface area contributed by atoms with Gasteiger partial charge < -0.3 is 10.1 Å². The minimum absolute atomic E-state index is 0.00791. The maximum absolute atomic E-state index is 12.3. The molecule has 0 heterocycles. The lowest BCUT2D eigenvalue weighted by Crippen LogP contribution is -2.36. The van der Waals surface area contributed by atoms with Crippen molar-refractivity contribution in [1.29, 1.82) is 0 Å². The van der Waals surface area contributed by atoms with Crippen molar-refractivity contribution in [3.05, 3.63) is 28.3 Å². The third-order valence-corrected chi connectivity index (χ3v) is 5.98. The van der Waals surface area contributed by atoms with Crippen molar-refractivity contribution in [2.45, 2.75) is 55.9 Å². The van der Waals surface area contributed by atoms with Crippen molar-refractivity contribution in [3.8, 4) is 5.75 Å². The summed E-state index contributed by atoms with van der Waals surface area (Å²) < 4.78 is 31.8. The quantitative estimate of drug-likeness (QED) is 0.391. The Morgan fingerprint density at radius 3 is 2.52 bits per heavy atom. The van der Waals surface area contributed by atoms with Crippen molar-refractivity contribution in [1.82, 2.24) is 10.0 Å². The van der Waals surface area contributed by atoms with E-state index >= 15 is 0 Å². The Morgan fingerprint density at radius 2 is 1.93 bits per heavy atom. The second-order valence-electron chi connectivity index (χ2n) is 6.49. The van der Waals surface area contributed by atoms with Crippen LogP contribution in [-0.4, -0.2) is 38.9 Å². The molecule has 1 saturated carbocycles. The molecular weight excluding hydrogens is 374 g/mol. The monoisotopic (exact) mass is 399 g/mol. The topological polar surface area (TPSA) is 128 Å². The van der Waals surface area contributed by atoms with Gasteiger partial charge in [-0.15, -0.1) is 0 Å². The van der Waals surface area contributed by atoms with Gasteiger partial charge in [0, 0.05) is 25.1 Å². The minimum atomic E-state index is -3.97. The van der Waals surface area contributed by atoms with Gasteiger partial charge in [0.15, 0.2) is 5.75 Å². The number of nitrogens with zero attached hydrogens (tertiary/aromatic N) is 1. The summed E-state index contributed by atoms with van der Waals surface area (Å²) in [6.45, 7) is -0.0826. The number of amides is 1. The largest absolute Gasteiger partial charge is 0.490 e. The fourth-order valence-electron chi connectivity index (χ4n) is 3.09. The zero-order valence-corrected chi connectivity index (χ0v) is 16.1. The molecule has 1 amide bonds. The summed E-state index contributed by atoms with van der Waals surface area (Å²) in [6, 6.07) is 3.54. The van der Waals surface area contributed by atoms with E-state index in [9.17, 15) is 23.3 Å². The van der Waals surface area contributed by atoms with E-state index in [1.165, 1.54) is 32.1 Å². The predicted octanol–water partition coefficient (Wildman–Crippen LogP) is 2.11. The number of benzene rings is 1. The van der Waals surface area contributed by atoms with Crippen LogP contribution in [0.1, 0.15) is 44.9 Å². The van der Waals surface area contributed by atoms with E-state index in [-0.39, 0.29) is 35.6 Å². The van der Waals surface area contributed by atoms with Crippen molar-refractivity contribution < 1.29 is 22.9 Å². The van der Waals surface area contributed by atoms with Gasteiger partial charge in [-0.25, -0.2) is 13.1 Å². The van der Waals surface area contributed by atoms with Crippen LogP contribution in [0.4, 0.5) is 5.69 Å². The average molecular weight is 399 g/mol. The summed E-state index contributed by atoms with van der Waals surface area (Å²) in [7, 11) is -2.70. The maximum Gasteiger partial charge on any atom is 0.312 e. The third-order valence-electron chi connectivity index (χ3n) is 4.52. The number of rotatable bonds is 8. The van der Waals surface area contributed by atoms with E-state index in [2.05, 4.69) is 10.0 Å². The molecule has 0 unspecified atom stereocenters. The minimum Gasteiger partial charge on any atom is -0.490 e. The Bertz CT molecular complexity index is 773. The van der Waals surface area contributed by atoms with Crippen molar-refractivity contribution in [2.75, 3.05) is 13.7 Å². The number of nitrogens with one attached hydrogen (secondary N) is 2. The molecule has 2 N–H and O–H groups in total. The van der Waals surface area contributed by atoms with Gasteiger partial charge in [0.05, 0.1) is 16.9 Å². The lowest BCUT2D eigenvalue weighted by atomic mass is 10.1. The molecule has 1 fully saturated rings. The summed E-state index contributed by atoms with van der Waals surface area (Å²) in [5.41, 5.74) is -0.438. The highest BCUT2D eigenvalue weighted by Crippen LogP contribution is 2.29. The summed E-state index contributed by atoms with van der Waals surface area (Å²) in [5.74, 6) is -0.230. The SMILES string of the molecule is COc1ccc(S(=O)(=O)NCCC(=O)NC2CCCCCC2)cc1[N+](=O)[O-]. The predicted molar refractivity (Wildman–Crippen MR) is 99.1 cm³/mol. The Morgan fingerprint density at radius 1 is 1.26 bits per heavy atom. The van der Waals surface area contributed by atoms with Crippen LogP contribution in [0.25, 0.3) is 0 Å². The van der Waals surface area contributed by atoms with Gasteiger partial charge in [0.2, 0.25) is 15.9 Å². The fraction of sp³-hybridized carbons (Fsp3) is 0.588. The molecule has 9 nitrogen and oxygen atoms in total. The molecular formula is C17H25N3O6S. The molecule has 1 aliphatic rings. The molecule has 0 bridgehead atoms. The number of nitro benzene ring substituents is 1. The van der Waals surface area contributed by atoms with E-state index in [4.69, 9.17) is 4.74 Å². The van der Waals surface area contributed by atoms with Crippen LogP contribution in [0.15, 0.2) is 23.1 Å². The first-order valence-electron chi connectivity index (χ1n) is 8.95. The number of hydrogen-bond acceptors (Lipinski definition) is 6. The standard InChI is InChI=1S/C17H25N3O6S/c1-26-16-9-8-14(12-15(16)20(22)23)27(24,25)18-11-10-17(21)19-13-6-4-2-3-5-7-13/h8-9,12-13,18H,2-7,10-11H2,1H3,(H,19,21). The number of hydrogen-bond donors (Lipinski definition) is 2. The fourth-order valence-corrected chi connectivity index (χ4v) is 4.14. The number of carbonyl (C=O) groups excluding carboxylic acids is 1. The maximum atomic E-state index is 12.3. The smallest absolute Gasteiger partial charge is 0.312 e. The summed E-state index contributed by atoms with van der Waals surface area (Å²) in [6.07, 6.45) is 6.45. The lowest BCUT2D eigenvalue weighted by Gasteiger charge is -2.16. The molecule has 0 atom stereocenters. The summed E-state index contributed by atoms with van der Waals surface area (Å²) in [4.78, 5) is 22.1. The van der Waals surface area contributed by atoms with Crippen LogP contribution in [0.3, 0.4) is 0 Å². The first-order chi connectivity index (χ1) is 12.8. The van der Waals surface area contributed by atoms with Crippen LogP contribution in [0.2, 0.25) is 0 Å². The highest BCUT2D eigenvalue weighted by molar-refractivity contribution is 7.89. The number of methoxy groups -OCH3 is 1. The second kappa shape index (κ2) is 9.65. The van der Waals surface area contributed by atoms with Crippen LogP contribution >= 0.6 is 0 Å². The van der Waals surface area contributed by atoms with Gasteiger partial charge in [-0.05, 0) is 25.0 Å². The molecule has 1 aromatic rings. The highest BCUT2D eigenvalue weighted by atomic mass is 32.2. The third kappa shape index (κ3) is 6.17. The molecule has 0 spiro atoms. The van der Waals surface area contributed by atoms with Crippen LogP contribution < -0.4 is 14.8 Å². The van der Waals surface area contributed by atoms with Crippen molar-refractivity contribution in [3.63, 3.8) is 0 Å². The molecule has 2 rings (SSSR count). The molecule has 27 heavy (non-hydrogen) atoms. The van der Waals surface area contributed by atoms with E-state index < -0.39 is 20.6 Å². The van der Waals surface area contributed by atoms with Gasteiger partial charge in [-0.1, -0.05) is 25.7 Å². The van der Waals surface area contributed by atoms with Gasteiger partial charge in [-0.3, -0.25) is 14.9 Å². The normalized spacial score (nSPS) is 15.7. The molecule has 150 valence electrons. The van der Waals surface area contributed by atoms with E-state index in [0.717, 1.165) is 31.7 Å². The van der Waals surface area contributed by atoms with E-state index in [1.807, 2.05) is 0 Å². The lowest BCUT2D eigenvalue weighted by molar-refractivity contribution is -0.386. The van der Waals surface area contributed by atoms with Crippen molar-refractivity contribution in [2.24, 2.45) is 0 Å². The Labute approximate surface area is 158 Å². The summed E-state index contributed by atoms with van der Waals surface area (Å²) in [5, 5.41) is 14.0. The van der Waals surface area contributed by atoms with Crippen molar-refractivity contribution >= 4 is 21.6 Å². The molecule has 10 heteroatoms. The molecule has 0 radical (unpaired) electrons. The van der Waals surface area contributed by atoms with Gasteiger partial charge in [0.25, 0.3) is 0 Å². The van der Waals surface area contributed by atoms with Crippen LogP contribution in [0.5, 0.6) is 5.75 Å². The Hall–Kier alpha value is -2.20. The first kappa shape index (κ1) is 21.1. The molecule has 0 aromatic heterocycles. The van der Waals surface area contributed by atoms with Crippen LogP contribution in [-0.2, 0) is 14.8 Å². The van der Waals surface area contributed by atoms with E-state index in [0.29, 0.717) is 0 Å². The highest BCUT2D eigenvalue weighted by Gasteiger charge is 2.22. The number of nitro groups is 1. The number of ether oxygens (including phenoxy) is 1. The number of sulfonamides is 1. The zero-order chi connectivity index (χ0) is 19.9. The van der Waals surface area contributed by atoms with Crippen LogP contribution in [0, 0.1) is 10.1 Å². The molecule has 0 saturated heterocycles. The Balaban J connectivity index is 1.91. The second-order valence-corrected chi connectivity index (χ2v) is 8.26. The van der Waals surface area contributed by atoms with Gasteiger partial charge in [-0.2, -0.15) is 0 Å².